The van der Waals surface area contributed by atoms with E-state index in [1.807, 2.05) is 18.2 Å². The van der Waals surface area contributed by atoms with Crippen LogP contribution in [-0.2, 0) is 17.9 Å². The van der Waals surface area contributed by atoms with E-state index in [9.17, 15) is 4.79 Å². The summed E-state index contributed by atoms with van der Waals surface area (Å²) in [5.74, 6) is 2.22. The van der Waals surface area contributed by atoms with Crippen LogP contribution in [0, 0.1) is 6.92 Å². The molecule has 0 aliphatic heterocycles. The zero-order valence-electron chi connectivity index (χ0n) is 17.2. The monoisotopic (exact) mass is 379 g/mol. The lowest BCUT2D eigenvalue weighted by Gasteiger charge is -2.15. The van der Waals surface area contributed by atoms with Gasteiger partial charge < -0.3 is 14.6 Å². The number of ether oxygens (including phenoxy) is 1. The number of amides is 1. The minimum atomic E-state index is -0.0531. The van der Waals surface area contributed by atoms with Crippen molar-refractivity contribution in [1.29, 1.82) is 0 Å². The van der Waals surface area contributed by atoms with Crippen molar-refractivity contribution in [3.63, 3.8) is 0 Å². The Hall–Kier alpha value is -2.82. The second kappa shape index (κ2) is 8.91. The Morgan fingerprint density at radius 2 is 2.00 bits per heavy atom. The Balaban J connectivity index is 1.69. The van der Waals surface area contributed by atoms with Gasteiger partial charge in [0, 0.05) is 13.5 Å². The molecule has 0 radical (unpaired) electrons. The molecule has 1 amide bonds. The molecule has 0 bridgehead atoms. The molecule has 0 saturated carbocycles. The lowest BCUT2D eigenvalue weighted by molar-refractivity contribution is -0.119. The number of carbonyl (C=O) groups is 1. The van der Waals surface area contributed by atoms with E-state index >= 15 is 0 Å². The average Bonchev–Trinajstić information content (AvgIpc) is 3.01. The van der Waals surface area contributed by atoms with Crippen LogP contribution in [0.5, 0.6) is 5.75 Å². The molecule has 2 aromatic carbocycles. The number of carbonyl (C=O) groups excluding carboxylic acids is 1. The molecule has 0 spiro atoms. The van der Waals surface area contributed by atoms with Crippen LogP contribution in [0.25, 0.3) is 11.0 Å². The zero-order valence-corrected chi connectivity index (χ0v) is 17.2. The Labute approximate surface area is 166 Å². The molecule has 0 atom stereocenters. The number of benzene rings is 2. The third-order valence-corrected chi connectivity index (χ3v) is 4.80. The van der Waals surface area contributed by atoms with E-state index in [1.54, 1.807) is 0 Å². The van der Waals surface area contributed by atoms with Crippen LogP contribution in [0.15, 0.2) is 42.5 Å². The maximum Gasteiger partial charge on any atom is 0.217 e. The van der Waals surface area contributed by atoms with Crippen LogP contribution in [0.2, 0.25) is 0 Å². The number of imidazole rings is 1. The third kappa shape index (κ3) is 4.71. The van der Waals surface area contributed by atoms with Gasteiger partial charge in [0.05, 0.1) is 24.2 Å². The number of aryl methyl sites for hydroxylation is 2. The highest BCUT2D eigenvalue weighted by atomic mass is 16.5. The third-order valence-electron chi connectivity index (χ3n) is 4.80. The number of nitrogens with one attached hydrogen (secondary N) is 1. The molecule has 0 fully saturated rings. The van der Waals surface area contributed by atoms with Crippen molar-refractivity contribution in [3.05, 3.63) is 59.4 Å². The fourth-order valence-corrected chi connectivity index (χ4v) is 3.36. The minimum absolute atomic E-state index is 0.0531. The van der Waals surface area contributed by atoms with E-state index in [0.29, 0.717) is 19.1 Å². The second-order valence-corrected chi connectivity index (χ2v) is 7.48. The van der Waals surface area contributed by atoms with E-state index in [2.05, 4.69) is 59.9 Å². The van der Waals surface area contributed by atoms with Gasteiger partial charge >= 0.3 is 0 Å². The molecule has 1 aromatic heterocycles. The van der Waals surface area contributed by atoms with Gasteiger partial charge in [0.25, 0.3) is 0 Å². The van der Waals surface area contributed by atoms with Gasteiger partial charge in [0.15, 0.2) is 0 Å². The van der Waals surface area contributed by atoms with Crippen LogP contribution < -0.4 is 10.1 Å². The number of hydrogen-bond acceptors (Lipinski definition) is 3. The van der Waals surface area contributed by atoms with E-state index in [4.69, 9.17) is 4.74 Å². The highest BCUT2D eigenvalue weighted by Gasteiger charge is 2.11. The van der Waals surface area contributed by atoms with Crippen molar-refractivity contribution < 1.29 is 9.53 Å². The van der Waals surface area contributed by atoms with Gasteiger partial charge in [-0.1, -0.05) is 38.1 Å². The van der Waals surface area contributed by atoms with E-state index in [0.717, 1.165) is 35.6 Å². The van der Waals surface area contributed by atoms with Crippen LogP contribution in [-0.4, -0.2) is 22.1 Å². The van der Waals surface area contributed by atoms with Crippen molar-refractivity contribution >= 4 is 16.9 Å². The van der Waals surface area contributed by atoms with Crippen molar-refractivity contribution in [2.75, 3.05) is 6.61 Å². The van der Waals surface area contributed by atoms with Gasteiger partial charge in [-0.05, 0) is 48.6 Å². The van der Waals surface area contributed by atoms with Crippen molar-refractivity contribution in [2.45, 2.75) is 53.1 Å². The average molecular weight is 380 g/mol. The summed E-state index contributed by atoms with van der Waals surface area (Å²) in [5.41, 5.74) is 4.48. The number of nitrogens with zero attached hydrogens (tertiary/aromatic N) is 2. The molecular formula is C23H29N3O2. The van der Waals surface area contributed by atoms with Gasteiger partial charge in [-0.15, -0.1) is 0 Å². The smallest absolute Gasteiger partial charge is 0.217 e. The van der Waals surface area contributed by atoms with E-state index in [-0.39, 0.29) is 5.91 Å². The predicted molar refractivity (Wildman–Crippen MR) is 113 cm³/mol. The summed E-state index contributed by atoms with van der Waals surface area (Å²) in [6.07, 6.45) is 0.860. The number of rotatable bonds is 8. The quantitative estimate of drug-likeness (QED) is 0.583. The predicted octanol–water partition coefficient (Wildman–Crippen LogP) is 4.57. The summed E-state index contributed by atoms with van der Waals surface area (Å²) in [7, 11) is 0. The van der Waals surface area contributed by atoms with E-state index < -0.39 is 0 Å². The number of fused-ring (bicyclic) bond motifs is 1. The molecule has 1 N–H and O–H groups in total. The topological polar surface area (TPSA) is 56.2 Å². The summed E-state index contributed by atoms with van der Waals surface area (Å²) in [4.78, 5) is 16.0. The maximum absolute atomic E-state index is 11.3. The number of aromatic nitrogens is 2. The van der Waals surface area contributed by atoms with Crippen LogP contribution in [0.4, 0.5) is 0 Å². The van der Waals surface area contributed by atoms with Gasteiger partial charge in [-0.2, -0.15) is 0 Å². The molecule has 0 saturated heterocycles. The summed E-state index contributed by atoms with van der Waals surface area (Å²) >= 11 is 0. The Kier molecular flexibility index (Phi) is 6.34. The molecule has 3 rings (SSSR count). The fraction of sp³-hybridized carbons (Fsp3) is 0.391. The summed E-state index contributed by atoms with van der Waals surface area (Å²) in [5, 5.41) is 2.85. The van der Waals surface area contributed by atoms with Crippen LogP contribution >= 0.6 is 0 Å². The van der Waals surface area contributed by atoms with Gasteiger partial charge in [-0.25, -0.2) is 4.98 Å². The minimum Gasteiger partial charge on any atom is -0.493 e. The SMILES string of the molecule is CC(=O)NCc1nc2ccccc2n1CCCOc1cc(C)ccc1C(C)C. The molecule has 0 unspecified atom stereocenters. The molecule has 0 aliphatic rings. The number of para-hydroxylation sites is 2. The zero-order chi connectivity index (χ0) is 20.1. The molecule has 28 heavy (non-hydrogen) atoms. The molecule has 148 valence electrons. The Morgan fingerprint density at radius 1 is 1.21 bits per heavy atom. The lowest BCUT2D eigenvalue weighted by Crippen LogP contribution is -2.22. The van der Waals surface area contributed by atoms with Crippen molar-refractivity contribution in [1.82, 2.24) is 14.9 Å². The first-order chi connectivity index (χ1) is 13.5. The summed E-state index contributed by atoms with van der Waals surface area (Å²) in [6, 6.07) is 14.5. The maximum atomic E-state index is 11.3. The van der Waals surface area contributed by atoms with Gasteiger partial charge in [0.2, 0.25) is 5.91 Å². The first-order valence-corrected chi connectivity index (χ1v) is 9.87. The van der Waals surface area contributed by atoms with Crippen molar-refractivity contribution in [2.24, 2.45) is 0 Å². The van der Waals surface area contributed by atoms with Gasteiger partial charge in [-0.3, -0.25) is 4.79 Å². The van der Waals surface area contributed by atoms with Crippen LogP contribution in [0.1, 0.15) is 50.1 Å². The molecule has 3 aromatic rings. The standard InChI is InChI=1S/C23H29N3O2/c1-16(2)19-11-10-17(3)14-22(19)28-13-7-12-26-21-9-6-5-8-20(21)25-23(26)15-24-18(4)27/h5-6,8-11,14,16H,7,12-13,15H2,1-4H3,(H,24,27). The molecule has 5 nitrogen and oxygen atoms in total. The Bertz CT molecular complexity index is 960. The molecule has 1 heterocycles. The highest BCUT2D eigenvalue weighted by molar-refractivity contribution is 5.76. The normalized spacial score (nSPS) is 11.2. The highest BCUT2D eigenvalue weighted by Crippen LogP contribution is 2.27. The first kappa shape index (κ1) is 19.9. The summed E-state index contributed by atoms with van der Waals surface area (Å²) in [6.45, 7) is 9.83. The van der Waals surface area contributed by atoms with Gasteiger partial charge in [0.1, 0.15) is 11.6 Å². The molecule has 0 aliphatic carbocycles. The second-order valence-electron chi connectivity index (χ2n) is 7.48. The molecular weight excluding hydrogens is 350 g/mol. The van der Waals surface area contributed by atoms with E-state index in [1.165, 1.54) is 18.1 Å². The lowest BCUT2D eigenvalue weighted by atomic mass is 10.0. The largest absolute Gasteiger partial charge is 0.493 e. The van der Waals surface area contributed by atoms with Crippen LogP contribution in [0.3, 0.4) is 0 Å². The molecule has 5 heteroatoms. The Morgan fingerprint density at radius 3 is 2.75 bits per heavy atom. The summed E-state index contributed by atoms with van der Waals surface area (Å²) < 4.78 is 8.30. The van der Waals surface area contributed by atoms with Crippen molar-refractivity contribution in [3.8, 4) is 5.75 Å². The fourth-order valence-electron chi connectivity index (χ4n) is 3.36. The number of hydrogen-bond donors (Lipinski definition) is 1. The first-order valence-electron chi connectivity index (χ1n) is 9.87.